The average Bonchev–Trinajstić information content (AvgIpc) is 2.70. The first-order valence-corrected chi connectivity index (χ1v) is 9.83. The molecule has 1 aromatic rings. The van der Waals surface area contributed by atoms with Crippen LogP contribution in [0.15, 0.2) is 18.2 Å². The molecule has 126 valence electrons. The van der Waals surface area contributed by atoms with Crippen molar-refractivity contribution in [2.24, 2.45) is 16.7 Å². The van der Waals surface area contributed by atoms with Gasteiger partial charge in [-0.3, -0.25) is 9.52 Å². The van der Waals surface area contributed by atoms with Gasteiger partial charge in [0, 0.05) is 12.1 Å². The highest BCUT2D eigenvalue weighted by atomic mass is 32.2. The van der Waals surface area contributed by atoms with Gasteiger partial charge < -0.3 is 0 Å². The number of rotatable bonds is 4. The molecule has 5 heteroatoms. The van der Waals surface area contributed by atoms with Crippen LogP contribution in [0.1, 0.15) is 44.2 Å². The summed E-state index contributed by atoms with van der Waals surface area (Å²) in [5.41, 5.74) is 1.65. The minimum absolute atomic E-state index is 0.102. The van der Waals surface area contributed by atoms with Crippen molar-refractivity contribution < 1.29 is 13.2 Å². The molecule has 2 saturated carbocycles. The number of fused-ring (bicyclic) bond motifs is 2. The second-order valence-electron chi connectivity index (χ2n) is 7.90. The molecule has 23 heavy (non-hydrogen) atoms. The number of carbonyl (C=O) groups excluding carboxylic acids is 1. The van der Waals surface area contributed by atoms with Gasteiger partial charge >= 0.3 is 0 Å². The molecule has 0 radical (unpaired) electrons. The Hall–Kier alpha value is -1.36. The SMILES string of the molecule is Cc1cc(C)cc(NS(=O)(=O)C[C@@]23CC[C@@H](CC2=O)C3(C)C)c1. The zero-order chi connectivity index (χ0) is 17.0. The minimum Gasteiger partial charge on any atom is -0.299 e. The summed E-state index contributed by atoms with van der Waals surface area (Å²) in [5, 5.41) is 0. The zero-order valence-corrected chi connectivity index (χ0v) is 15.1. The van der Waals surface area contributed by atoms with E-state index in [9.17, 15) is 13.2 Å². The standard InChI is InChI=1S/C18H25NO3S/c1-12-7-13(2)9-15(8-12)19-23(21,22)11-18-6-5-14(10-16(18)20)17(18,3)4/h7-9,14,19H,5-6,10-11H2,1-4H3/t14-,18-/m0/s1. The lowest BCUT2D eigenvalue weighted by Crippen LogP contribution is -2.43. The van der Waals surface area contributed by atoms with E-state index in [4.69, 9.17) is 0 Å². The van der Waals surface area contributed by atoms with Crippen LogP contribution in [0, 0.1) is 30.6 Å². The van der Waals surface area contributed by atoms with Gasteiger partial charge in [-0.15, -0.1) is 0 Å². The lowest BCUT2D eigenvalue weighted by Gasteiger charge is -2.36. The van der Waals surface area contributed by atoms with Crippen molar-refractivity contribution in [3.8, 4) is 0 Å². The van der Waals surface area contributed by atoms with Gasteiger partial charge in [-0.25, -0.2) is 8.42 Å². The molecule has 0 aliphatic heterocycles. The highest BCUT2D eigenvalue weighted by molar-refractivity contribution is 7.92. The zero-order valence-electron chi connectivity index (χ0n) is 14.3. The average molecular weight is 335 g/mol. The van der Waals surface area contributed by atoms with Crippen molar-refractivity contribution in [3.63, 3.8) is 0 Å². The third-order valence-corrected chi connectivity index (χ3v) is 7.49. The summed E-state index contributed by atoms with van der Waals surface area (Å²) in [6, 6.07) is 5.64. The van der Waals surface area contributed by atoms with E-state index in [1.54, 1.807) is 0 Å². The van der Waals surface area contributed by atoms with Crippen LogP contribution in [0.2, 0.25) is 0 Å². The Labute approximate surface area is 138 Å². The Balaban J connectivity index is 1.88. The summed E-state index contributed by atoms with van der Waals surface area (Å²) in [7, 11) is -3.57. The number of ketones is 1. The first-order valence-electron chi connectivity index (χ1n) is 8.18. The molecular formula is C18H25NO3S. The van der Waals surface area contributed by atoms with E-state index in [0.717, 1.165) is 17.5 Å². The number of aryl methyl sites for hydroxylation is 2. The summed E-state index contributed by atoms with van der Waals surface area (Å²) >= 11 is 0. The maximum absolute atomic E-state index is 12.7. The van der Waals surface area contributed by atoms with Crippen molar-refractivity contribution in [2.45, 2.75) is 47.0 Å². The van der Waals surface area contributed by atoms with E-state index < -0.39 is 15.4 Å². The number of hydrogen-bond acceptors (Lipinski definition) is 3. The minimum atomic E-state index is -3.57. The van der Waals surface area contributed by atoms with Crippen LogP contribution in [0.5, 0.6) is 0 Å². The molecule has 0 heterocycles. The lowest BCUT2D eigenvalue weighted by molar-refractivity contribution is -0.128. The molecule has 2 aliphatic carbocycles. The van der Waals surface area contributed by atoms with Crippen molar-refractivity contribution >= 4 is 21.5 Å². The summed E-state index contributed by atoms with van der Waals surface area (Å²) in [4.78, 5) is 12.5. The van der Waals surface area contributed by atoms with Gasteiger partial charge in [0.1, 0.15) is 5.78 Å². The number of Topliss-reactive ketones (excluding diaryl/α,β-unsaturated/α-hetero) is 1. The first-order chi connectivity index (χ1) is 10.6. The van der Waals surface area contributed by atoms with Crippen LogP contribution in [-0.4, -0.2) is 20.0 Å². The Morgan fingerprint density at radius 1 is 1.17 bits per heavy atom. The fourth-order valence-corrected chi connectivity index (χ4v) is 6.56. The lowest BCUT2D eigenvalue weighted by atomic mass is 9.70. The van der Waals surface area contributed by atoms with Crippen LogP contribution >= 0.6 is 0 Å². The second kappa shape index (κ2) is 5.07. The molecule has 4 nitrogen and oxygen atoms in total. The van der Waals surface area contributed by atoms with Gasteiger partial charge in [0.05, 0.1) is 11.2 Å². The summed E-state index contributed by atoms with van der Waals surface area (Å²) < 4.78 is 28.1. The molecule has 0 amide bonds. The smallest absolute Gasteiger partial charge is 0.233 e. The van der Waals surface area contributed by atoms with E-state index in [2.05, 4.69) is 18.6 Å². The number of sulfonamides is 1. The van der Waals surface area contributed by atoms with Crippen molar-refractivity contribution in [1.29, 1.82) is 0 Å². The Bertz CT molecular complexity index is 746. The van der Waals surface area contributed by atoms with Crippen molar-refractivity contribution in [3.05, 3.63) is 29.3 Å². The number of carbonyl (C=O) groups is 1. The maximum Gasteiger partial charge on any atom is 0.233 e. The highest BCUT2D eigenvalue weighted by Crippen LogP contribution is 2.64. The summed E-state index contributed by atoms with van der Waals surface area (Å²) in [6.45, 7) is 7.99. The van der Waals surface area contributed by atoms with E-state index in [1.165, 1.54) is 0 Å². The molecule has 2 aliphatic rings. The summed E-state index contributed by atoms with van der Waals surface area (Å²) in [5.74, 6) is 0.353. The molecule has 3 rings (SSSR count). The Morgan fingerprint density at radius 2 is 1.78 bits per heavy atom. The number of hydrogen-bond donors (Lipinski definition) is 1. The van der Waals surface area contributed by atoms with Gasteiger partial charge in [-0.1, -0.05) is 19.9 Å². The predicted octanol–water partition coefficient (Wildman–Crippen LogP) is 3.44. The highest BCUT2D eigenvalue weighted by Gasteiger charge is 2.65. The molecule has 1 aromatic carbocycles. The topological polar surface area (TPSA) is 63.2 Å². The first kappa shape index (κ1) is 16.5. The summed E-state index contributed by atoms with van der Waals surface area (Å²) in [6.07, 6.45) is 2.18. The van der Waals surface area contributed by atoms with Crippen LogP contribution in [0.25, 0.3) is 0 Å². The second-order valence-corrected chi connectivity index (χ2v) is 9.63. The largest absolute Gasteiger partial charge is 0.299 e. The maximum atomic E-state index is 12.7. The molecular weight excluding hydrogens is 310 g/mol. The normalized spacial score (nSPS) is 29.0. The molecule has 1 N–H and O–H groups in total. The van der Waals surface area contributed by atoms with Crippen LogP contribution in [0.4, 0.5) is 5.69 Å². The van der Waals surface area contributed by atoms with Gasteiger partial charge in [0.25, 0.3) is 0 Å². The molecule has 0 saturated heterocycles. The molecule has 0 unspecified atom stereocenters. The third kappa shape index (κ3) is 2.59. The van der Waals surface area contributed by atoms with Gasteiger partial charge in [0.15, 0.2) is 0 Å². The van der Waals surface area contributed by atoms with Crippen molar-refractivity contribution in [1.82, 2.24) is 0 Å². The molecule has 0 spiro atoms. The van der Waals surface area contributed by atoms with Gasteiger partial charge in [-0.2, -0.15) is 0 Å². The fraction of sp³-hybridized carbons (Fsp3) is 0.611. The Morgan fingerprint density at radius 3 is 2.26 bits per heavy atom. The van der Waals surface area contributed by atoms with E-state index >= 15 is 0 Å². The molecule has 0 aromatic heterocycles. The molecule has 2 bridgehead atoms. The molecule has 2 fully saturated rings. The van der Waals surface area contributed by atoms with Gasteiger partial charge in [0.2, 0.25) is 10.0 Å². The fourth-order valence-electron chi connectivity index (χ4n) is 4.68. The van der Waals surface area contributed by atoms with E-state index in [1.807, 2.05) is 32.0 Å². The predicted molar refractivity (Wildman–Crippen MR) is 91.9 cm³/mol. The number of benzene rings is 1. The van der Waals surface area contributed by atoms with Crippen LogP contribution in [0.3, 0.4) is 0 Å². The third-order valence-electron chi connectivity index (χ3n) is 6.07. The van der Waals surface area contributed by atoms with E-state index in [-0.39, 0.29) is 17.0 Å². The van der Waals surface area contributed by atoms with Crippen LogP contribution in [-0.2, 0) is 14.8 Å². The quantitative estimate of drug-likeness (QED) is 0.917. The monoisotopic (exact) mass is 335 g/mol. The molecule has 2 atom stereocenters. The van der Waals surface area contributed by atoms with E-state index in [0.29, 0.717) is 24.4 Å². The Kier molecular flexibility index (Phi) is 3.63. The number of nitrogens with one attached hydrogen (secondary N) is 1. The van der Waals surface area contributed by atoms with Crippen LogP contribution < -0.4 is 4.72 Å². The van der Waals surface area contributed by atoms with Gasteiger partial charge in [-0.05, 0) is 61.3 Å². The van der Waals surface area contributed by atoms with Crippen molar-refractivity contribution in [2.75, 3.05) is 10.5 Å². The number of anilines is 1.